The summed E-state index contributed by atoms with van der Waals surface area (Å²) in [5.74, 6) is -0.361. The highest BCUT2D eigenvalue weighted by molar-refractivity contribution is 6.01. The first-order chi connectivity index (χ1) is 18.5. The van der Waals surface area contributed by atoms with E-state index in [0.29, 0.717) is 23.6 Å². The van der Waals surface area contributed by atoms with E-state index in [1.54, 1.807) is 6.20 Å². The van der Waals surface area contributed by atoms with Crippen LogP contribution in [0.4, 0.5) is 31.9 Å². The third kappa shape index (κ3) is 4.41. The number of piperazine rings is 1. The van der Waals surface area contributed by atoms with Gasteiger partial charge in [-0.05, 0) is 49.6 Å². The molecule has 0 bridgehead atoms. The van der Waals surface area contributed by atoms with Crippen LogP contribution in [0.1, 0.15) is 38.2 Å². The van der Waals surface area contributed by atoms with Gasteiger partial charge in [0.25, 0.3) is 0 Å². The number of β-amino-alcohol motifs (C(OH)–C–C–N with tert-alkyl or cyclic N) is 1. The molecule has 0 atom stereocenters. The van der Waals surface area contributed by atoms with Crippen molar-refractivity contribution in [2.24, 2.45) is 4.99 Å². The predicted octanol–water partition coefficient (Wildman–Crippen LogP) is 4.59. The average molecular weight is 520 g/mol. The van der Waals surface area contributed by atoms with Crippen LogP contribution in [0.5, 0.6) is 0 Å². The molecule has 0 radical (unpaired) electrons. The van der Waals surface area contributed by atoms with Crippen molar-refractivity contribution in [1.29, 1.82) is 0 Å². The van der Waals surface area contributed by atoms with Crippen molar-refractivity contribution in [2.75, 3.05) is 49.5 Å². The molecule has 1 saturated carbocycles. The summed E-state index contributed by atoms with van der Waals surface area (Å²) >= 11 is 0. The van der Waals surface area contributed by atoms with Crippen LogP contribution in [0.2, 0.25) is 0 Å². The summed E-state index contributed by atoms with van der Waals surface area (Å²) in [4.78, 5) is 22.0. The Morgan fingerprint density at radius 1 is 1.00 bits per heavy atom. The molecule has 2 N–H and O–H groups in total. The number of benzene rings is 1. The summed E-state index contributed by atoms with van der Waals surface area (Å²) in [6.07, 6.45) is 6.88. The molecule has 0 amide bonds. The van der Waals surface area contributed by atoms with Gasteiger partial charge in [-0.25, -0.2) is 23.7 Å². The van der Waals surface area contributed by atoms with Crippen LogP contribution in [0.25, 0.3) is 11.3 Å². The molecular weight excluding hydrogens is 488 g/mol. The summed E-state index contributed by atoms with van der Waals surface area (Å²) in [6.45, 7) is 6.34. The van der Waals surface area contributed by atoms with Crippen molar-refractivity contribution in [3.05, 3.63) is 53.9 Å². The van der Waals surface area contributed by atoms with Crippen LogP contribution in [-0.2, 0) is 5.41 Å². The van der Waals surface area contributed by atoms with Crippen molar-refractivity contribution in [3.8, 4) is 11.3 Å². The van der Waals surface area contributed by atoms with Crippen molar-refractivity contribution < 1.29 is 13.9 Å². The van der Waals surface area contributed by atoms with Gasteiger partial charge in [0.1, 0.15) is 23.0 Å². The highest BCUT2D eigenvalue weighted by Gasteiger charge is 2.44. The van der Waals surface area contributed by atoms with Gasteiger partial charge in [-0.2, -0.15) is 0 Å². The van der Waals surface area contributed by atoms with Crippen molar-refractivity contribution >= 4 is 28.9 Å². The molecule has 38 heavy (non-hydrogen) atoms. The lowest BCUT2D eigenvalue weighted by molar-refractivity contribution is 0.189. The molecule has 10 heteroatoms. The second-order valence-electron chi connectivity index (χ2n) is 10.3. The monoisotopic (exact) mass is 519 g/mol. The summed E-state index contributed by atoms with van der Waals surface area (Å²) in [7, 11) is 0. The average Bonchev–Trinajstić information content (AvgIpc) is 3.53. The number of hydrogen-bond donors (Lipinski definition) is 2. The number of halogens is 2. The standard InChI is InChI=1S/C28H31F2N7O/c1-18-28(6-2-3-7-28)21-14-19(15-22(29)26(21)33-18)25-23(30)17-32-27(35-25)34-24-5-4-20(16-31-24)37-10-8-36(9-11-37)12-13-38/h4-5,14-17,38H,2-3,6-13H2,1H3,(H,31,32,34,35). The Bertz CT molecular complexity index is 1360. The number of aliphatic imine (C=N–C) groups is 1. The number of aliphatic hydroxyl groups is 1. The Morgan fingerprint density at radius 3 is 2.50 bits per heavy atom. The Balaban J connectivity index is 1.22. The highest BCUT2D eigenvalue weighted by atomic mass is 19.1. The Hall–Kier alpha value is -3.50. The fourth-order valence-corrected chi connectivity index (χ4v) is 6.06. The maximum Gasteiger partial charge on any atom is 0.229 e. The van der Waals surface area contributed by atoms with Gasteiger partial charge in [0.2, 0.25) is 5.95 Å². The fraction of sp³-hybridized carbons (Fsp3) is 0.429. The smallest absolute Gasteiger partial charge is 0.229 e. The van der Waals surface area contributed by atoms with Gasteiger partial charge in [0.05, 0.1) is 24.7 Å². The normalized spacial score (nSPS) is 18.6. The topological polar surface area (TPSA) is 89.8 Å². The zero-order chi connectivity index (χ0) is 26.3. The zero-order valence-corrected chi connectivity index (χ0v) is 21.4. The number of hydrogen-bond acceptors (Lipinski definition) is 8. The lowest BCUT2D eigenvalue weighted by Crippen LogP contribution is -2.47. The van der Waals surface area contributed by atoms with Gasteiger partial charge in [-0.1, -0.05) is 12.8 Å². The molecule has 2 fully saturated rings. The SMILES string of the molecule is CC1=Nc2c(F)cc(-c3nc(Nc4ccc(N5CCN(CCO)CC5)cn4)ncc3F)cc2C12CCCC2. The van der Waals surface area contributed by atoms with E-state index in [-0.39, 0.29) is 23.7 Å². The summed E-state index contributed by atoms with van der Waals surface area (Å²) in [5, 5.41) is 12.2. The predicted molar refractivity (Wildman–Crippen MR) is 144 cm³/mol. The molecule has 3 aliphatic rings. The fourth-order valence-electron chi connectivity index (χ4n) is 6.06. The lowest BCUT2D eigenvalue weighted by Gasteiger charge is -2.35. The zero-order valence-electron chi connectivity index (χ0n) is 21.4. The van der Waals surface area contributed by atoms with Crippen LogP contribution < -0.4 is 10.2 Å². The lowest BCUT2D eigenvalue weighted by atomic mass is 9.76. The van der Waals surface area contributed by atoms with E-state index in [1.807, 2.05) is 25.1 Å². The molecule has 2 aromatic heterocycles. The van der Waals surface area contributed by atoms with Gasteiger partial charge in [-0.3, -0.25) is 9.89 Å². The molecule has 1 spiro atoms. The number of rotatable bonds is 6. The van der Waals surface area contributed by atoms with Crippen molar-refractivity contribution in [2.45, 2.75) is 38.0 Å². The number of aromatic nitrogens is 3. The Labute approximate surface area is 220 Å². The van der Waals surface area contributed by atoms with E-state index in [0.717, 1.165) is 75.0 Å². The number of nitrogens with zero attached hydrogens (tertiary/aromatic N) is 6. The minimum absolute atomic E-state index is 0.0410. The minimum atomic E-state index is -0.616. The molecule has 2 aliphatic heterocycles. The van der Waals surface area contributed by atoms with E-state index >= 15 is 4.39 Å². The first-order valence-corrected chi connectivity index (χ1v) is 13.2. The second kappa shape index (κ2) is 9.99. The number of pyridine rings is 1. The molecule has 8 nitrogen and oxygen atoms in total. The number of fused-ring (bicyclic) bond motifs is 2. The maximum absolute atomic E-state index is 15.2. The summed E-state index contributed by atoms with van der Waals surface area (Å²) in [6, 6.07) is 6.97. The number of nitrogens with one attached hydrogen (secondary N) is 1. The second-order valence-corrected chi connectivity index (χ2v) is 10.3. The molecule has 0 unspecified atom stereocenters. The largest absolute Gasteiger partial charge is 0.395 e. The highest BCUT2D eigenvalue weighted by Crippen LogP contribution is 2.52. The van der Waals surface area contributed by atoms with Crippen LogP contribution in [-0.4, -0.2) is 70.0 Å². The van der Waals surface area contributed by atoms with Gasteiger partial charge < -0.3 is 15.3 Å². The molecule has 6 rings (SSSR count). The first-order valence-electron chi connectivity index (χ1n) is 13.2. The van der Waals surface area contributed by atoms with E-state index in [2.05, 4.69) is 35.1 Å². The molecule has 1 aromatic carbocycles. The Kier molecular flexibility index (Phi) is 6.53. The van der Waals surface area contributed by atoms with Gasteiger partial charge >= 0.3 is 0 Å². The Morgan fingerprint density at radius 2 is 1.79 bits per heavy atom. The molecule has 198 valence electrons. The van der Waals surface area contributed by atoms with Crippen molar-refractivity contribution in [1.82, 2.24) is 19.9 Å². The molecule has 4 heterocycles. The number of anilines is 3. The van der Waals surface area contributed by atoms with Crippen LogP contribution in [0.3, 0.4) is 0 Å². The third-order valence-corrected chi connectivity index (χ3v) is 8.17. The van der Waals surface area contributed by atoms with Gasteiger partial charge in [-0.15, -0.1) is 0 Å². The van der Waals surface area contributed by atoms with Gasteiger partial charge in [0, 0.05) is 49.4 Å². The van der Waals surface area contributed by atoms with E-state index in [9.17, 15) is 4.39 Å². The minimum Gasteiger partial charge on any atom is -0.395 e. The summed E-state index contributed by atoms with van der Waals surface area (Å²) < 4.78 is 30.1. The summed E-state index contributed by atoms with van der Waals surface area (Å²) in [5.41, 5.74) is 3.32. The van der Waals surface area contributed by atoms with Gasteiger partial charge in [0.15, 0.2) is 5.82 Å². The third-order valence-electron chi connectivity index (χ3n) is 8.17. The van der Waals surface area contributed by atoms with E-state index < -0.39 is 11.6 Å². The van der Waals surface area contributed by atoms with E-state index in [1.165, 1.54) is 6.07 Å². The molecular formula is C28H31F2N7O. The van der Waals surface area contributed by atoms with Crippen molar-refractivity contribution in [3.63, 3.8) is 0 Å². The molecule has 3 aromatic rings. The first kappa shape index (κ1) is 24.8. The van der Waals surface area contributed by atoms with Crippen LogP contribution in [0, 0.1) is 11.6 Å². The quantitative estimate of drug-likeness (QED) is 0.492. The molecule has 1 saturated heterocycles. The van der Waals surface area contributed by atoms with Crippen LogP contribution >= 0.6 is 0 Å². The van der Waals surface area contributed by atoms with E-state index in [4.69, 9.17) is 5.11 Å². The number of aliphatic hydroxyl groups excluding tert-OH is 1. The maximum atomic E-state index is 15.2. The van der Waals surface area contributed by atoms with Crippen LogP contribution in [0.15, 0.2) is 41.7 Å². The molecule has 1 aliphatic carbocycles.